The minimum Gasteiger partial charge on any atom is -0.476 e. The van der Waals surface area contributed by atoms with Gasteiger partial charge in [-0.05, 0) is 55.3 Å². The number of fused-ring (bicyclic) bond motifs is 2. The van der Waals surface area contributed by atoms with E-state index >= 15 is 0 Å². The normalized spacial score (nSPS) is 14.3. The molecule has 2 aromatic carbocycles. The SMILES string of the molecule is CCCCN(CCCC)CCOc1ncnc2c1C(c1ccc(N(C)C)cc1)c1ccccc1N2. The minimum atomic E-state index is 0.00569. The third-order valence-electron chi connectivity index (χ3n) is 6.71. The third-order valence-corrected chi connectivity index (χ3v) is 6.71. The fourth-order valence-electron chi connectivity index (χ4n) is 4.68. The summed E-state index contributed by atoms with van der Waals surface area (Å²) >= 11 is 0. The summed E-state index contributed by atoms with van der Waals surface area (Å²) in [5.74, 6) is 1.50. The number of nitrogens with one attached hydrogen (secondary N) is 1. The highest BCUT2D eigenvalue weighted by atomic mass is 16.5. The first-order valence-electron chi connectivity index (χ1n) is 13.0. The minimum absolute atomic E-state index is 0.00569. The highest BCUT2D eigenvalue weighted by molar-refractivity contribution is 5.75. The summed E-state index contributed by atoms with van der Waals surface area (Å²) in [6.45, 7) is 8.26. The molecule has 1 atom stereocenters. The zero-order chi connectivity index (χ0) is 24.6. The van der Waals surface area contributed by atoms with E-state index in [9.17, 15) is 0 Å². The smallest absolute Gasteiger partial charge is 0.222 e. The first kappa shape index (κ1) is 25.0. The molecule has 0 spiro atoms. The van der Waals surface area contributed by atoms with E-state index in [1.54, 1.807) is 6.33 Å². The zero-order valence-electron chi connectivity index (χ0n) is 21.6. The number of benzene rings is 2. The van der Waals surface area contributed by atoms with Crippen LogP contribution in [0.4, 0.5) is 17.2 Å². The second kappa shape index (κ2) is 12.0. The molecule has 4 rings (SSSR count). The predicted molar refractivity (Wildman–Crippen MR) is 145 cm³/mol. The molecule has 0 bridgehead atoms. The summed E-state index contributed by atoms with van der Waals surface area (Å²) in [6.07, 6.45) is 6.47. The molecule has 0 amide bonds. The number of anilines is 3. The van der Waals surface area contributed by atoms with Crippen molar-refractivity contribution in [3.05, 3.63) is 71.5 Å². The van der Waals surface area contributed by atoms with Crippen molar-refractivity contribution in [2.24, 2.45) is 0 Å². The van der Waals surface area contributed by atoms with Gasteiger partial charge in [0, 0.05) is 37.9 Å². The Kier molecular flexibility index (Phi) is 8.59. The van der Waals surface area contributed by atoms with Gasteiger partial charge in [0.15, 0.2) is 0 Å². The molecule has 0 fully saturated rings. The van der Waals surface area contributed by atoms with Crippen LogP contribution in [0.1, 0.15) is 62.1 Å². The Morgan fingerprint density at radius 3 is 2.29 bits per heavy atom. The van der Waals surface area contributed by atoms with Crippen LogP contribution >= 0.6 is 0 Å². The van der Waals surface area contributed by atoms with Gasteiger partial charge in [-0.25, -0.2) is 9.97 Å². The van der Waals surface area contributed by atoms with Crippen molar-refractivity contribution in [2.75, 3.05) is 50.6 Å². The zero-order valence-corrected chi connectivity index (χ0v) is 21.6. The second-order valence-corrected chi connectivity index (χ2v) is 9.47. The largest absolute Gasteiger partial charge is 0.476 e. The van der Waals surface area contributed by atoms with Crippen molar-refractivity contribution in [1.29, 1.82) is 0 Å². The van der Waals surface area contributed by atoms with E-state index in [1.807, 2.05) is 0 Å². The van der Waals surface area contributed by atoms with Gasteiger partial charge in [-0.3, -0.25) is 4.90 Å². The van der Waals surface area contributed by atoms with Gasteiger partial charge in [-0.2, -0.15) is 0 Å². The molecule has 1 N–H and O–H groups in total. The summed E-state index contributed by atoms with van der Waals surface area (Å²) < 4.78 is 6.38. The summed E-state index contributed by atoms with van der Waals surface area (Å²) in [5, 5.41) is 3.52. The molecule has 3 aromatic rings. The molecule has 0 radical (unpaired) electrons. The first-order chi connectivity index (χ1) is 17.1. The molecule has 2 heterocycles. The maximum Gasteiger partial charge on any atom is 0.222 e. The van der Waals surface area contributed by atoms with Crippen molar-refractivity contribution in [1.82, 2.24) is 14.9 Å². The van der Waals surface area contributed by atoms with Crippen molar-refractivity contribution < 1.29 is 4.74 Å². The van der Waals surface area contributed by atoms with Gasteiger partial charge >= 0.3 is 0 Å². The van der Waals surface area contributed by atoms with Crippen molar-refractivity contribution in [2.45, 2.75) is 45.4 Å². The van der Waals surface area contributed by atoms with Crippen molar-refractivity contribution in [3.63, 3.8) is 0 Å². The molecular formula is C29H39N5O. The van der Waals surface area contributed by atoms with E-state index in [2.05, 4.69) is 102 Å². The van der Waals surface area contributed by atoms with Crippen LogP contribution < -0.4 is 15.0 Å². The van der Waals surface area contributed by atoms with Gasteiger partial charge in [-0.15, -0.1) is 0 Å². The van der Waals surface area contributed by atoms with Gasteiger partial charge < -0.3 is 15.0 Å². The molecule has 6 nitrogen and oxygen atoms in total. The molecule has 1 aliphatic heterocycles. The lowest BCUT2D eigenvalue weighted by Gasteiger charge is -2.30. The Morgan fingerprint density at radius 2 is 1.60 bits per heavy atom. The molecule has 1 aliphatic rings. The first-order valence-corrected chi connectivity index (χ1v) is 13.0. The number of para-hydroxylation sites is 1. The molecule has 186 valence electrons. The van der Waals surface area contributed by atoms with Crippen molar-refractivity contribution >= 4 is 17.2 Å². The fraction of sp³-hybridized carbons (Fsp3) is 0.448. The van der Waals surface area contributed by atoms with Gasteiger partial charge in [0.1, 0.15) is 18.8 Å². The molecule has 6 heteroatoms. The van der Waals surface area contributed by atoms with Crippen LogP contribution in [0.3, 0.4) is 0 Å². The molecule has 0 aliphatic carbocycles. The molecule has 35 heavy (non-hydrogen) atoms. The lowest BCUT2D eigenvalue weighted by molar-refractivity contribution is 0.199. The summed E-state index contributed by atoms with van der Waals surface area (Å²) in [7, 11) is 4.13. The van der Waals surface area contributed by atoms with E-state index in [4.69, 9.17) is 4.74 Å². The fourth-order valence-corrected chi connectivity index (χ4v) is 4.68. The molecule has 0 saturated carbocycles. The Morgan fingerprint density at radius 1 is 0.886 bits per heavy atom. The number of hydrogen-bond acceptors (Lipinski definition) is 6. The second-order valence-electron chi connectivity index (χ2n) is 9.47. The third kappa shape index (κ3) is 5.93. The van der Waals surface area contributed by atoms with Crippen LogP contribution in [-0.2, 0) is 0 Å². The summed E-state index contributed by atoms with van der Waals surface area (Å²) in [4.78, 5) is 13.9. The Hall–Kier alpha value is -3.12. The van der Waals surface area contributed by atoms with Gasteiger partial charge in [0.05, 0.1) is 5.56 Å². The number of rotatable bonds is 12. The van der Waals surface area contributed by atoms with Gasteiger partial charge in [0.2, 0.25) is 5.88 Å². The van der Waals surface area contributed by atoms with Crippen LogP contribution in [-0.4, -0.2) is 55.2 Å². The lowest BCUT2D eigenvalue weighted by atomic mass is 9.82. The Bertz CT molecular complexity index is 1070. The van der Waals surface area contributed by atoms with Gasteiger partial charge in [-0.1, -0.05) is 57.0 Å². The molecule has 1 unspecified atom stereocenters. The molecule has 1 aromatic heterocycles. The highest BCUT2D eigenvalue weighted by Gasteiger charge is 2.31. The van der Waals surface area contributed by atoms with E-state index in [-0.39, 0.29) is 5.92 Å². The monoisotopic (exact) mass is 473 g/mol. The van der Waals surface area contributed by atoms with Crippen LogP contribution in [0.5, 0.6) is 5.88 Å². The highest BCUT2D eigenvalue weighted by Crippen LogP contribution is 2.47. The number of nitrogens with zero attached hydrogens (tertiary/aromatic N) is 4. The summed E-state index contributed by atoms with van der Waals surface area (Å²) in [5.41, 5.74) is 5.69. The van der Waals surface area contributed by atoms with Crippen LogP contribution in [0.2, 0.25) is 0 Å². The topological polar surface area (TPSA) is 53.5 Å². The maximum absolute atomic E-state index is 6.38. The standard InChI is InChI=1S/C29H39N5O/c1-5-7-17-34(18-8-6-2)19-20-35-29-27-26(22-13-15-23(16-14-22)33(3)4)24-11-9-10-12-25(24)32-28(27)30-21-31-29/h9-16,21,26H,5-8,17-20H2,1-4H3,(H,30,31,32). The number of hydrogen-bond donors (Lipinski definition) is 1. The predicted octanol–water partition coefficient (Wildman–Crippen LogP) is 6.06. The van der Waals surface area contributed by atoms with Crippen LogP contribution in [0, 0.1) is 0 Å². The maximum atomic E-state index is 6.38. The van der Waals surface area contributed by atoms with Gasteiger partial charge in [0.25, 0.3) is 0 Å². The number of unbranched alkanes of at least 4 members (excludes halogenated alkanes) is 2. The number of aromatic nitrogens is 2. The van der Waals surface area contributed by atoms with Crippen LogP contribution in [0.25, 0.3) is 0 Å². The van der Waals surface area contributed by atoms with E-state index in [1.165, 1.54) is 42.5 Å². The number of ether oxygens (including phenoxy) is 1. The van der Waals surface area contributed by atoms with E-state index in [0.717, 1.165) is 36.7 Å². The Labute approximate surface area is 210 Å². The molecular weight excluding hydrogens is 434 g/mol. The summed E-state index contributed by atoms with van der Waals surface area (Å²) in [6, 6.07) is 17.2. The average Bonchev–Trinajstić information content (AvgIpc) is 2.88. The van der Waals surface area contributed by atoms with Crippen molar-refractivity contribution in [3.8, 4) is 5.88 Å². The quantitative estimate of drug-likeness (QED) is 0.270. The van der Waals surface area contributed by atoms with Crippen LogP contribution in [0.15, 0.2) is 54.9 Å². The average molecular weight is 474 g/mol. The van der Waals surface area contributed by atoms with E-state index in [0.29, 0.717) is 12.5 Å². The molecule has 0 saturated heterocycles. The Balaban J connectivity index is 1.62. The lowest BCUT2D eigenvalue weighted by Crippen LogP contribution is -2.31. The van der Waals surface area contributed by atoms with E-state index < -0.39 is 0 Å².